The Kier molecular flexibility index (Phi) is 2.72. The van der Waals surface area contributed by atoms with Gasteiger partial charge in [0, 0.05) is 31.0 Å². The molecule has 0 bridgehead atoms. The molecule has 0 aliphatic carbocycles. The van der Waals surface area contributed by atoms with Crippen molar-refractivity contribution >= 4 is 5.91 Å². The van der Waals surface area contributed by atoms with Crippen molar-refractivity contribution in [2.45, 2.75) is 13.5 Å². The SMILES string of the molecule is Cc1[nH]ncc1CNC(=O)c1cnn(C)c1. The number of rotatable bonds is 3. The van der Waals surface area contributed by atoms with Crippen LogP contribution >= 0.6 is 0 Å². The summed E-state index contributed by atoms with van der Waals surface area (Å²) in [7, 11) is 1.77. The molecule has 0 atom stereocenters. The van der Waals surface area contributed by atoms with Gasteiger partial charge in [-0.25, -0.2) is 0 Å². The molecule has 6 heteroatoms. The molecule has 6 nitrogen and oxygen atoms in total. The first kappa shape index (κ1) is 10.4. The highest BCUT2D eigenvalue weighted by Gasteiger charge is 2.08. The minimum atomic E-state index is -0.131. The molecule has 2 heterocycles. The molecule has 16 heavy (non-hydrogen) atoms. The van der Waals surface area contributed by atoms with E-state index < -0.39 is 0 Å². The number of hydrogen-bond donors (Lipinski definition) is 2. The average Bonchev–Trinajstić information content (AvgIpc) is 2.84. The van der Waals surface area contributed by atoms with Crippen LogP contribution in [0.5, 0.6) is 0 Å². The number of hydrogen-bond acceptors (Lipinski definition) is 3. The topological polar surface area (TPSA) is 75.6 Å². The molecule has 2 rings (SSSR count). The average molecular weight is 219 g/mol. The van der Waals surface area contributed by atoms with Crippen molar-refractivity contribution in [3.8, 4) is 0 Å². The lowest BCUT2D eigenvalue weighted by atomic mass is 10.2. The fraction of sp³-hybridized carbons (Fsp3) is 0.300. The summed E-state index contributed by atoms with van der Waals surface area (Å²) >= 11 is 0. The van der Waals surface area contributed by atoms with Gasteiger partial charge in [-0.05, 0) is 6.92 Å². The maximum absolute atomic E-state index is 11.7. The number of H-pyrrole nitrogens is 1. The van der Waals surface area contributed by atoms with Gasteiger partial charge in [0.25, 0.3) is 5.91 Å². The highest BCUT2D eigenvalue weighted by Crippen LogP contribution is 2.02. The van der Waals surface area contributed by atoms with Crippen LogP contribution in [-0.2, 0) is 13.6 Å². The van der Waals surface area contributed by atoms with Gasteiger partial charge in [0.1, 0.15) is 0 Å². The highest BCUT2D eigenvalue weighted by atomic mass is 16.1. The van der Waals surface area contributed by atoms with Crippen LogP contribution in [0.2, 0.25) is 0 Å². The molecular formula is C10H13N5O. The molecule has 0 radical (unpaired) electrons. The Morgan fingerprint density at radius 3 is 2.94 bits per heavy atom. The summed E-state index contributed by atoms with van der Waals surface area (Å²) in [5.74, 6) is -0.131. The third kappa shape index (κ3) is 2.10. The van der Waals surface area contributed by atoms with Gasteiger partial charge in [-0.3, -0.25) is 14.6 Å². The standard InChI is InChI=1S/C10H13N5O/c1-7-8(4-12-14-7)3-11-10(16)9-5-13-15(2)6-9/h4-6H,3H2,1-2H3,(H,11,16)(H,12,14). The summed E-state index contributed by atoms with van der Waals surface area (Å²) in [6.07, 6.45) is 4.92. The zero-order valence-electron chi connectivity index (χ0n) is 9.19. The zero-order valence-corrected chi connectivity index (χ0v) is 9.19. The number of aromatic nitrogens is 4. The summed E-state index contributed by atoms with van der Waals surface area (Å²) in [6, 6.07) is 0. The largest absolute Gasteiger partial charge is 0.348 e. The third-order valence-electron chi connectivity index (χ3n) is 2.34. The van der Waals surface area contributed by atoms with E-state index in [4.69, 9.17) is 0 Å². The molecule has 0 unspecified atom stereocenters. The first-order valence-electron chi connectivity index (χ1n) is 4.92. The Labute approximate surface area is 92.7 Å². The summed E-state index contributed by atoms with van der Waals surface area (Å²) in [4.78, 5) is 11.7. The summed E-state index contributed by atoms with van der Waals surface area (Å²) < 4.78 is 1.60. The number of aryl methyl sites for hydroxylation is 2. The summed E-state index contributed by atoms with van der Waals surface area (Å²) in [6.45, 7) is 2.38. The molecule has 0 aromatic carbocycles. The van der Waals surface area contributed by atoms with Gasteiger partial charge in [-0.2, -0.15) is 10.2 Å². The van der Waals surface area contributed by atoms with Crippen molar-refractivity contribution in [2.24, 2.45) is 7.05 Å². The highest BCUT2D eigenvalue weighted by molar-refractivity contribution is 5.93. The first-order valence-corrected chi connectivity index (χ1v) is 4.92. The molecule has 0 spiro atoms. The smallest absolute Gasteiger partial charge is 0.254 e. The second-order valence-corrected chi connectivity index (χ2v) is 3.61. The number of nitrogens with zero attached hydrogens (tertiary/aromatic N) is 3. The van der Waals surface area contributed by atoms with Crippen molar-refractivity contribution in [1.82, 2.24) is 25.3 Å². The van der Waals surface area contributed by atoms with Gasteiger partial charge in [-0.1, -0.05) is 0 Å². The molecule has 2 N–H and O–H groups in total. The van der Waals surface area contributed by atoms with Crippen molar-refractivity contribution in [2.75, 3.05) is 0 Å². The van der Waals surface area contributed by atoms with Crippen LogP contribution in [0, 0.1) is 6.92 Å². The molecule has 0 fully saturated rings. The molecule has 2 aromatic rings. The lowest BCUT2D eigenvalue weighted by Gasteiger charge is -2.01. The number of carbonyl (C=O) groups is 1. The van der Waals surface area contributed by atoms with Crippen LogP contribution in [0.15, 0.2) is 18.6 Å². The monoisotopic (exact) mass is 219 g/mol. The second kappa shape index (κ2) is 4.18. The molecular weight excluding hydrogens is 206 g/mol. The van der Waals surface area contributed by atoms with E-state index in [1.54, 1.807) is 24.1 Å². The van der Waals surface area contributed by atoms with Crippen LogP contribution in [-0.4, -0.2) is 25.9 Å². The Balaban J connectivity index is 1.96. The Hall–Kier alpha value is -2.11. The molecule has 0 saturated carbocycles. The Morgan fingerprint density at radius 2 is 2.38 bits per heavy atom. The Morgan fingerprint density at radius 1 is 1.56 bits per heavy atom. The van der Waals surface area contributed by atoms with Crippen molar-refractivity contribution in [3.63, 3.8) is 0 Å². The fourth-order valence-corrected chi connectivity index (χ4v) is 1.37. The van der Waals surface area contributed by atoms with Crippen molar-refractivity contribution in [1.29, 1.82) is 0 Å². The van der Waals surface area contributed by atoms with Crippen LogP contribution in [0.25, 0.3) is 0 Å². The number of nitrogens with one attached hydrogen (secondary N) is 2. The molecule has 2 aromatic heterocycles. The van der Waals surface area contributed by atoms with Gasteiger partial charge in [0.05, 0.1) is 18.0 Å². The number of aromatic amines is 1. The molecule has 84 valence electrons. The summed E-state index contributed by atoms with van der Waals surface area (Å²) in [5, 5.41) is 13.4. The quantitative estimate of drug-likeness (QED) is 0.783. The minimum absolute atomic E-state index is 0.131. The van der Waals surface area contributed by atoms with Crippen LogP contribution in [0.1, 0.15) is 21.6 Å². The van der Waals surface area contributed by atoms with Crippen molar-refractivity contribution in [3.05, 3.63) is 35.4 Å². The van der Waals surface area contributed by atoms with Crippen LogP contribution < -0.4 is 5.32 Å². The van der Waals surface area contributed by atoms with Crippen LogP contribution in [0.3, 0.4) is 0 Å². The predicted octanol–water partition coefficient (Wildman–Crippen LogP) is 0.382. The normalized spacial score (nSPS) is 10.4. The van der Waals surface area contributed by atoms with E-state index in [-0.39, 0.29) is 5.91 Å². The van der Waals surface area contributed by atoms with E-state index in [1.807, 2.05) is 6.92 Å². The maximum atomic E-state index is 11.7. The molecule has 0 saturated heterocycles. The van der Waals surface area contributed by atoms with E-state index in [1.165, 1.54) is 6.20 Å². The van der Waals surface area contributed by atoms with E-state index in [0.717, 1.165) is 11.3 Å². The third-order valence-corrected chi connectivity index (χ3v) is 2.34. The van der Waals surface area contributed by atoms with Gasteiger partial charge < -0.3 is 5.32 Å². The number of carbonyl (C=O) groups excluding carboxylic acids is 1. The lowest BCUT2D eigenvalue weighted by Crippen LogP contribution is -2.22. The Bertz CT molecular complexity index is 499. The molecule has 1 amide bonds. The van der Waals surface area contributed by atoms with E-state index in [2.05, 4.69) is 20.6 Å². The van der Waals surface area contributed by atoms with Crippen molar-refractivity contribution < 1.29 is 4.79 Å². The second-order valence-electron chi connectivity index (χ2n) is 3.61. The van der Waals surface area contributed by atoms with Gasteiger partial charge >= 0.3 is 0 Å². The summed E-state index contributed by atoms with van der Waals surface area (Å²) in [5.41, 5.74) is 2.51. The maximum Gasteiger partial charge on any atom is 0.254 e. The van der Waals surface area contributed by atoms with E-state index in [9.17, 15) is 4.79 Å². The van der Waals surface area contributed by atoms with Gasteiger partial charge in [-0.15, -0.1) is 0 Å². The van der Waals surface area contributed by atoms with E-state index in [0.29, 0.717) is 12.1 Å². The lowest BCUT2D eigenvalue weighted by molar-refractivity contribution is 0.0951. The minimum Gasteiger partial charge on any atom is -0.348 e. The van der Waals surface area contributed by atoms with E-state index >= 15 is 0 Å². The van der Waals surface area contributed by atoms with Gasteiger partial charge in [0.2, 0.25) is 0 Å². The zero-order chi connectivity index (χ0) is 11.5. The van der Waals surface area contributed by atoms with Crippen LogP contribution in [0.4, 0.5) is 0 Å². The number of amides is 1. The first-order chi connectivity index (χ1) is 7.66. The molecule has 0 aliphatic heterocycles. The van der Waals surface area contributed by atoms with Gasteiger partial charge in [0.15, 0.2) is 0 Å². The fourth-order valence-electron chi connectivity index (χ4n) is 1.37. The molecule has 0 aliphatic rings. The predicted molar refractivity (Wildman–Crippen MR) is 57.7 cm³/mol.